The molecule has 19 heavy (non-hydrogen) atoms. The Bertz CT molecular complexity index is 329. The zero-order chi connectivity index (χ0) is 13.7. The Kier molecular flexibility index (Phi) is 5.19. The second-order valence-electron chi connectivity index (χ2n) is 5.87. The van der Waals surface area contributed by atoms with Gasteiger partial charge in [0, 0.05) is 19.0 Å². The molecule has 3 N–H and O–H groups in total. The fraction of sp³-hybridized carbons (Fsp3) is 0.857. The molecule has 0 spiro atoms. The zero-order valence-corrected chi connectivity index (χ0v) is 11.7. The highest BCUT2D eigenvalue weighted by Gasteiger charge is 2.24. The largest absolute Gasteiger partial charge is 0.355 e. The Morgan fingerprint density at radius 2 is 2.05 bits per heavy atom. The Labute approximate surface area is 114 Å². The number of hydrogen-bond donors (Lipinski definition) is 3. The number of carbonyl (C=O) groups excluding carboxylic acids is 2. The summed E-state index contributed by atoms with van der Waals surface area (Å²) in [5, 5.41) is 9.10. The van der Waals surface area contributed by atoms with Gasteiger partial charge in [0.1, 0.15) is 0 Å². The quantitative estimate of drug-likeness (QED) is 0.616. The van der Waals surface area contributed by atoms with Gasteiger partial charge < -0.3 is 16.0 Å². The highest BCUT2D eigenvalue weighted by molar-refractivity contribution is 5.82. The lowest BCUT2D eigenvalue weighted by atomic mass is 9.94. The van der Waals surface area contributed by atoms with E-state index in [4.69, 9.17) is 0 Å². The average Bonchev–Trinajstić information content (AvgIpc) is 3.18. The summed E-state index contributed by atoms with van der Waals surface area (Å²) >= 11 is 0. The summed E-state index contributed by atoms with van der Waals surface area (Å²) < 4.78 is 0. The van der Waals surface area contributed by atoms with Gasteiger partial charge in [0.15, 0.2) is 0 Å². The van der Waals surface area contributed by atoms with E-state index in [1.54, 1.807) is 0 Å². The van der Waals surface area contributed by atoms with Crippen LogP contribution in [0.15, 0.2) is 0 Å². The van der Waals surface area contributed by atoms with Crippen molar-refractivity contribution in [2.45, 2.75) is 57.5 Å². The molecule has 5 nitrogen and oxygen atoms in total. The van der Waals surface area contributed by atoms with Gasteiger partial charge in [0.2, 0.25) is 11.8 Å². The minimum absolute atomic E-state index is 0.0518. The molecule has 1 saturated carbocycles. The van der Waals surface area contributed by atoms with Crippen LogP contribution in [0.4, 0.5) is 0 Å². The highest BCUT2D eigenvalue weighted by atomic mass is 16.2. The number of rotatable bonds is 6. The summed E-state index contributed by atoms with van der Waals surface area (Å²) in [6.45, 7) is 3.69. The molecule has 108 valence electrons. The third kappa shape index (κ3) is 5.19. The van der Waals surface area contributed by atoms with Crippen molar-refractivity contribution in [1.29, 1.82) is 0 Å². The van der Waals surface area contributed by atoms with Crippen molar-refractivity contribution in [3.63, 3.8) is 0 Å². The fourth-order valence-electron chi connectivity index (χ4n) is 2.42. The lowest BCUT2D eigenvalue weighted by Gasteiger charge is -2.27. The van der Waals surface area contributed by atoms with E-state index < -0.39 is 0 Å². The van der Waals surface area contributed by atoms with Crippen molar-refractivity contribution in [3.05, 3.63) is 0 Å². The fourth-order valence-corrected chi connectivity index (χ4v) is 2.42. The second kappa shape index (κ2) is 6.89. The molecule has 2 rings (SSSR count). The van der Waals surface area contributed by atoms with Crippen molar-refractivity contribution in [2.75, 3.05) is 13.1 Å². The van der Waals surface area contributed by atoms with E-state index in [1.807, 2.05) is 0 Å². The van der Waals surface area contributed by atoms with E-state index >= 15 is 0 Å². The van der Waals surface area contributed by atoms with Gasteiger partial charge >= 0.3 is 0 Å². The number of hydrogen-bond acceptors (Lipinski definition) is 3. The number of amides is 2. The van der Waals surface area contributed by atoms with Gasteiger partial charge in [-0.05, 0) is 44.6 Å². The first-order valence-corrected chi connectivity index (χ1v) is 7.45. The van der Waals surface area contributed by atoms with Crippen molar-refractivity contribution < 1.29 is 9.59 Å². The van der Waals surface area contributed by atoms with Gasteiger partial charge in [-0.3, -0.25) is 9.59 Å². The summed E-state index contributed by atoms with van der Waals surface area (Å²) in [6.07, 6.45) is 5.51. The van der Waals surface area contributed by atoms with Crippen molar-refractivity contribution in [3.8, 4) is 0 Å². The average molecular weight is 267 g/mol. The molecule has 1 heterocycles. The molecular formula is C14H25N3O2. The first-order valence-electron chi connectivity index (χ1n) is 7.45. The van der Waals surface area contributed by atoms with Gasteiger partial charge in [0.25, 0.3) is 0 Å². The molecule has 0 radical (unpaired) electrons. The van der Waals surface area contributed by atoms with Crippen LogP contribution in [-0.4, -0.2) is 37.0 Å². The SMILES string of the molecule is CC1CCNC(C(=O)NCCCC(=O)NC2CC2)C1. The molecule has 1 aliphatic heterocycles. The first kappa shape index (κ1) is 14.3. The van der Waals surface area contributed by atoms with Crippen LogP contribution >= 0.6 is 0 Å². The third-order valence-electron chi connectivity index (χ3n) is 3.80. The van der Waals surface area contributed by atoms with E-state index in [1.165, 1.54) is 0 Å². The molecule has 1 aliphatic carbocycles. The number of piperidine rings is 1. The van der Waals surface area contributed by atoms with Gasteiger partial charge in [-0.2, -0.15) is 0 Å². The molecule has 2 atom stereocenters. The third-order valence-corrected chi connectivity index (χ3v) is 3.80. The lowest BCUT2D eigenvalue weighted by molar-refractivity contribution is -0.124. The summed E-state index contributed by atoms with van der Waals surface area (Å²) in [7, 11) is 0. The van der Waals surface area contributed by atoms with E-state index in [9.17, 15) is 9.59 Å². The molecule has 0 aromatic heterocycles. The Hall–Kier alpha value is -1.10. The monoisotopic (exact) mass is 267 g/mol. The normalized spacial score (nSPS) is 26.8. The van der Waals surface area contributed by atoms with Crippen LogP contribution in [0.3, 0.4) is 0 Å². The molecule has 0 bridgehead atoms. The van der Waals surface area contributed by atoms with Crippen molar-refractivity contribution in [1.82, 2.24) is 16.0 Å². The van der Waals surface area contributed by atoms with Crippen molar-refractivity contribution in [2.24, 2.45) is 5.92 Å². The first-order chi connectivity index (χ1) is 9.15. The minimum Gasteiger partial charge on any atom is -0.355 e. The summed E-state index contributed by atoms with van der Waals surface area (Å²) in [5.41, 5.74) is 0. The van der Waals surface area contributed by atoms with Crippen LogP contribution < -0.4 is 16.0 Å². The summed E-state index contributed by atoms with van der Waals surface area (Å²) in [5.74, 6) is 0.802. The predicted octanol–water partition coefficient (Wildman–Crippen LogP) is 0.550. The maximum atomic E-state index is 11.9. The highest BCUT2D eigenvalue weighted by Crippen LogP contribution is 2.18. The van der Waals surface area contributed by atoms with E-state index in [-0.39, 0.29) is 17.9 Å². The molecular weight excluding hydrogens is 242 g/mol. The van der Waals surface area contributed by atoms with Crippen LogP contribution in [-0.2, 0) is 9.59 Å². The summed E-state index contributed by atoms with van der Waals surface area (Å²) in [4.78, 5) is 23.3. The molecule has 0 aromatic rings. The maximum Gasteiger partial charge on any atom is 0.237 e. The lowest BCUT2D eigenvalue weighted by Crippen LogP contribution is -2.48. The number of nitrogens with one attached hydrogen (secondary N) is 3. The van der Waals surface area contributed by atoms with Crippen LogP contribution in [0.5, 0.6) is 0 Å². The van der Waals surface area contributed by atoms with Gasteiger partial charge in [-0.25, -0.2) is 0 Å². The van der Waals surface area contributed by atoms with Crippen molar-refractivity contribution >= 4 is 11.8 Å². The predicted molar refractivity (Wildman–Crippen MR) is 73.6 cm³/mol. The molecule has 0 aromatic carbocycles. The van der Waals surface area contributed by atoms with Gasteiger partial charge in [-0.1, -0.05) is 6.92 Å². The second-order valence-corrected chi connectivity index (χ2v) is 5.87. The van der Waals surface area contributed by atoms with Crippen LogP contribution in [0.2, 0.25) is 0 Å². The minimum atomic E-state index is -0.0518. The Morgan fingerprint density at radius 1 is 1.26 bits per heavy atom. The molecule has 5 heteroatoms. The Morgan fingerprint density at radius 3 is 2.74 bits per heavy atom. The summed E-state index contributed by atoms with van der Waals surface area (Å²) in [6, 6.07) is 0.374. The molecule has 2 unspecified atom stereocenters. The molecule has 1 saturated heterocycles. The van der Waals surface area contributed by atoms with Crippen LogP contribution in [0.1, 0.15) is 45.4 Å². The standard InChI is InChI=1S/C14H25N3O2/c1-10-6-8-15-12(9-10)14(19)16-7-2-3-13(18)17-11-4-5-11/h10-12,15H,2-9H2,1H3,(H,16,19)(H,17,18). The van der Waals surface area contributed by atoms with Gasteiger partial charge in [0.05, 0.1) is 6.04 Å². The molecule has 2 fully saturated rings. The topological polar surface area (TPSA) is 70.2 Å². The van der Waals surface area contributed by atoms with E-state index in [0.29, 0.717) is 31.3 Å². The maximum absolute atomic E-state index is 11.9. The zero-order valence-electron chi connectivity index (χ0n) is 11.7. The van der Waals surface area contributed by atoms with E-state index in [2.05, 4.69) is 22.9 Å². The van der Waals surface area contributed by atoms with Gasteiger partial charge in [-0.15, -0.1) is 0 Å². The molecule has 2 aliphatic rings. The molecule has 2 amide bonds. The van der Waals surface area contributed by atoms with Crippen LogP contribution in [0.25, 0.3) is 0 Å². The number of carbonyl (C=O) groups is 2. The smallest absolute Gasteiger partial charge is 0.237 e. The Balaban J connectivity index is 1.54. The van der Waals surface area contributed by atoms with E-state index in [0.717, 1.165) is 32.2 Å². The van der Waals surface area contributed by atoms with Crippen LogP contribution in [0, 0.1) is 5.92 Å².